The Bertz CT molecular complexity index is 903. The first-order valence-corrected chi connectivity index (χ1v) is 9.12. The topological polar surface area (TPSA) is 32.3 Å². The number of hydrogen-bond acceptors (Lipinski definition) is 1. The highest BCUT2D eigenvalue weighted by molar-refractivity contribution is 6.30. The van der Waals surface area contributed by atoms with E-state index in [1.54, 1.807) is 29.2 Å². The summed E-state index contributed by atoms with van der Waals surface area (Å²) in [5.74, 6) is 0. The summed E-state index contributed by atoms with van der Waals surface area (Å²) in [7, 11) is 0. The third-order valence-corrected chi connectivity index (χ3v) is 4.34. The maximum atomic E-state index is 12.9. The van der Waals surface area contributed by atoms with E-state index in [0.717, 1.165) is 16.8 Å². The van der Waals surface area contributed by atoms with Crippen LogP contribution < -0.4 is 10.2 Å². The fourth-order valence-electron chi connectivity index (χ4n) is 2.61. The van der Waals surface area contributed by atoms with Gasteiger partial charge in [-0.3, -0.25) is 4.90 Å². The summed E-state index contributed by atoms with van der Waals surface area (Å²) < 4.78 is 0. The van der Waals surface area contributed by atoms with Gasteiger partial charge >= 0.3 is 6.03 Å². The molecular weight excluding hydrogens is 356 g/mol. The van der Waals surface area contributed by atoms with Crippen molar-refractivity contribution in [3.05, 3.63) is 101 Å². The van der Waals surface area contributed by atoms with Crippen molar-refractivity contribution >= 4 is 35.1 Å². The molecule has 0 aliphatic rings. The average molecular weight is 377 g/mol. The predicted molar refractivity (Wildman–Crippen MR) is 114 cm³/mol. The number of halogens is 1. The summed E-state index contributed by atoms with van der Waals surface area (Å²) in [6.07, 6.45) is 3.99. The molecule has 0 spiro atoms. The van der Waals surface area contributed by atoms with Crippen molar-refractivity contribution in [3.63, 3.8) is 0 Å². The zero-order valence-electron chi connectivity index (χ0n) is 15.1. The fraction of sp³-hybridized carbons (Fsp3) is 0.0870. The number of nitrogens with zero attached hydrogens (tertiary/aromatic N) is 1. The van der Waals surface area contributed by atoms with Crippen LogP contribution in [0.25, 0.3) is 6.08 Å². The van der Waals surface area contributed by atoms with Crippen LogP contribution in [0.3, 0.4) is 0 Å². The van der Waals surface area contributed by atoms with Gasteiger partial charge < -0.3 is 5.32 Å². The Labute approximate surface area is 164 Å². The quantitative estimate of drug-likeness (QED) is 0.549. The summed E-state index contributed by atoms with van der Waals surface area (Å²) in [6.45, 7) is 2.48. The van der Waals surface area contributed by atoms with E-state index in [4.69, 9.17) is 11.6 Å². The van der Waals surface area contributed by atoms with Gasteiger partial charge in [0.2, 0.25) is 0 Å². The van der Waals surface area contributed by atoms with E-state index in [1.807, 2.05) is 73.7 Å². The van der Waals surface area contributed by atoms with Gasteiger partial charge in [0.15, 0.2) is 0 Å². The molecular formula is C23H21ClN2O. The van der Waals surface area contributed by atoms with Crippen LogP contribution in [0.5, 0.6) is 0 Å². The summed E-state index contributed by atoms with van der Waals surface area (Å²) in [5, 5.41) is 3.56. The molecule has 136 valence electrons. The number of amides is 2. The van der Waals surface area contributed by atoms with Gasteiger partial charge in [-0.1, -0.05) is 71.8 Å². The van der Waals surface area contributed by atoms with Gasteiger partial charge in [0, 0.05) is 22.9 Å². The molecule has 0 heterocycles. The van der Waals surface area contributed by atoms with Crippen LogP contribution in [0.15, 0.2) is 84.9 Å². The minimum Gasteiger partial charge on any atom is -0.308 e. The monoisotopic (exact) mass is 376 g/mol. The van der Waals surface area contributed by atoms with Crippen molar-refractivity contribution in [2.75, 3.05) is 16.8 Å². The van der Waals surface area contributed by atoms with Gasteiger partial charge in [-0.25, -0.2) is 4.79 Å². The number of anilines is 2. The highest BCUT2D eigenvalue weighted by atomic mass is 35.5. The van der Waals surface area contributed by atoms with Gasteiger partial charge in [-0.2, -0.15) is 0 Å². The average Bonchev–Trinajstić information content (AvgIpc) is 2.69. The van der Waals surface area contributed by atoms with Gasteiger partial charge in [-0.05, 0) is 48.9 Å². The van der Waals surface area contributed by atoms with Gasteiger partial charge in [0.1, 0.15) is 0 Å². The third-order valence-electron chi connectivity index (χ3n) is 4.08. The smallest absolute Gasteiger partial charge is 0.308 e. The molecule has 27 heavy (non-hydrogen) atoms. The van der Waals surface area contributed by atoms with Gasteiger partial charge in [-0.15, -0.1) is 0 Å². The molecule has 3 aromatic rings. The lowest BCUT2D eigenvalue weighted by atomic mass is 10.2. The van der Waals surface area contributed by atoms with E-state index in [9.17, 15) is 4.79 Å². The zero-order valence-corrected chi connectivity index (χ0v) is 15.9. The van der Waals surface area contributed by atoms with Crippen molar-refractivity contribution in [3.8, 4) is 0 Å². The van der Waals surface area contributed by atoms with E-state index in [1.165, 1.54) is 0 Å². The van der Waals surface area contributed by atoms with Crippen LogP contribution in [0.1, 0.15) is 11.1 Å². The summed E-state index contributed by atoms with van der Waals surface area (Å²) in [4.78, 5) is 14.6. The first-order valence-electron chi connectivity index (χ1n) is 8.74. The highest BCUT2D eigenvalue weighted by Crippen LogP contribution is 2.19. The molecule has 0 fully saturated rings. The van der Waals surface area contributed by atoms with Crippen LogP contribution in [-0.4, -0.2) is 12.6 Å². The van der Waals surface area contributed by atoms with Crippen molar-refractivity contribution < 1.29 is 4.79 Å². The standard InChI is InChI=1S/C23H21ClN2O/c1-18-9-15-22(16-10-18)26(17-5-8-19-6-3-2-4-7-19)23(27)25-21-13-11-20(24)12-14-21/h2-16H,17H2,1H3,(H,25,27)/b8-5+. The van der Waals surface area contributed by atoms with Crippen LogP contribution in [-0.2, 0) is 0 Å². The van der Waals surface area contributed by atoms with Gasteiger partial charge in [0.05, 0.1) is 0 Å². The Kier molecular flexibility index (Phi) is 6.29. The molecule has 0 radical (unpaired) electrons. The minimum atomic E-state index is -0.195. The molecule has 2 amide bonds. The third kappa shape index (κ3) is 5.47. The Morgan fingerprint density at radius 3 is 2.30 bits per heavy atom. The molecule has 0 aliphatic carbocycles. The summed E-state index contributed by atoms with van der Waals surface area (Å²) in [6, 6.07) is 24.8. The van der Waals surface area contributed by atoms with Crippen molar-refractivity contribution in [2.45, 2.75) is 6.92 Å². The van der Waals surface area contributed by atoms with E-state index in [0.29, 0.717) is 17.3 Å². The molecule has 0 atom stereocenters. The van der Waals surface area contributed by atoms with Crippen LogP contribution >= 0.6 is 11.6 Å². The van der Waals surface area contributed by atoms with E-state index < -0.39 is 0 Å². The molecule has 1 N–H and O–H groups in total. The molecule has 0 aliphatic heterocycles. The molecule has 4 heteroatoms. The largest absolute Gasteiger partial charge is 0.326 e. The number of urea groups is 1. The lowest BCUT2D eigenvalue weighted by Gasteiger charge is -2.22. The second-order valence-corrected chi connectivity index (χ2v) is 6.63. The van der Waals surface area contributed by atoms with E-state index >= 15 is 0 Å². The number of rotatable bonds is 5. The molecule has 0 saturated heterocycles. The Hall–Kier alpha value is -3.04. The fourth-order valence-corrected chi connectivity index (χ4v) is 2.74. The molecule has 3 aromatic carbocycles. The normalized spacial score (nSPS) is 10.7. The maximum Gasteiger partial charge on any atom is 0.326 e. The van der Waals surface area contributed by atoms with Crippen LogP contribution in [0.2, 0.25) is 5.02 Å². The Morgan fingerprint density at radius 2 is 1.63 bits per heavy atom. The summed E-state index contributed by atoms with van der Waals surface area (Å²) >= 11 is 5.92. The minimum absolute atomic E-state index is 0.195. The first kappa shape index (κ1) is 18.7. The zero-order chi connectivity index (χ0) is 19.1. The lowest BCUT2D eigenvalue weighted by molar-refractivity contribution is 0.257. The predicted octanol–water partition coefficient (Wildman–Crippen LogP) is 6.40. The first-order chi connectivity index (χ1) is 13.1. The number of benzene rings is 3. The van der Waals surface area contributed by atoms with Crippen molar-refractivity contribution in [1.82, 2.24) is 0 Å². The maximum absolute atomic E-state index is 12.9. The SMILES string of the molecule is Cc1ccc(N(C/C=C/c2ccccc2)C(=O)Nc2ccc(Cl)cc2)cc1. The van der Waals surface area contributed by atoms with E-state index in [2.05, 4.69) is 5.32 Å². The van der Waals surface area contributed by atoms with Crippen molar-refractivity contribution in [1.29, 1.82) is 0 Å². The van der Waals surface area contributed by atoms with E-state index in [-0.39, 0.29) is 6.03 Å². The molecule has 0 saturated carbocycles. The lowest BCUT2D eigenvalue weighted by Crippen LogP contribution is -2.35. The second kappa shape index (κ2) is 9.06. The number of aryl methyl sites for hydroxylation is 1. The number of hydrogen-bond donors (Lipinski definition) is 1. The van der Waals surface area contributed by atoms with Crippen LogP contribution in [0.4, 0.5) is 16.2 Å². The number of carbonyl (C=O) groups is 1. The molecule has 0 aromatic heterocycles. The molecule has 3 rings (SSSR count). The number of carbonyl (C=O) groups excluding carboxylic acids is 1. The van der Waals surface area contributed by atoms with Crippen molar-refractivity contribution in [2.24, 2.45) is 0 Å². The second-order valence-electron chi connectivity index (χ2n) is 6.20. The molecule has 0 bridgehead atoms. The van der Waals surface area contributed by atoms with Crippen LogP contribution in [0, 0.1) is 6.92 Å². The van der Waals surface area contributed by atoms with Gasteiger partial charge in [0.25, 0.3) is 0 Å². The Balaban J connectivity index is 1.78. The number of nitrogens with one attached hydrogen (secondary N) is 1. The molecule has 0 unspecified atom stereocenters. The molecule has 3 nitrogen and oxygen atoms in total. The summed E-state index contributed by atoms with van der Waals surface area (Å²) in [5.41, 5.74) is 3.79. The highest BCUT2D eigenvalue weighted by Gasteiger charge is 2.14. The Morgan fingerprint density at radius 1 is 0.963 bits per heavy atom.